The first kappa shape index (κ1) is 24.0. The molecule has 0 aliphatic carbocycles. The van der Waals surface area contributed by atoms with Gasteiger partial charge in [-0.2, -0.15) is 0 Å². The van der Waals surface area contributed by atoms with Gasteiger partial charge in [0.15, 0.2) is 11.5 Å². The summed E-state index contributed by atoms with van der Waals surface area (Å²) >= 11 is 0. The van der Waals surface area contributed by atoms with Crippen LogP contribution in [0.3, 0.4) is 0 Å². The monoisotopic (exact) mass is 444 g/mol. The van der Waals surface area contributed by atoms with Gasteiger partial charge in [0.25, 0.3) is 0 Å². The molecule has 3 rings (SSSR count). The van der Waals surface area contributed by atoms with Crippen LogP contribution in [-0.4, -0.2) is 86.6 Å². The lowest BCUT2D eigenvalue weighted by molar-refractivity contribution is 0.0259. The van der Waals surface area contributed by atoms with Crippen molar-refractivity contribution in [3.8, 4) is 11.5 Å². The first-order chi connectivity index (χ1) is 15.4. The van der Waals surface area contributed by atoms with Crippen LogP contribution >= 0.6 is 0 Å². The molecular weight excluding hydrogens is 408 g/mol. The summed E-state index contributed by atoms with van der Waals surface area (Å²) in [6.07, 6.45) is 3.21. The maximum Gasteiger partial charge on any atom is 0.161 e. The Bertz CT molecular complexity index is 865. The van der Waals surface area contributed by atoms with Gasteiger partial charge in [0.05, 0.1) is 12.7 Å². The quantitative estimate of drug-likeness (QED) is 0.477. The number of anilines is 2. The highest BCUT2D eigenvalue weighted by atomic mass is 16.5. The lowest BCUT2D eigenvalue weighted by Gasteiger charge is -2.40. The number of methoxy groups -OCH3 is 1. The van der Waals surface area contributed by atoms with Crippen molar-refractivity contribution in [2.24, 2.45) is 0 Å². The fraction of sp³-hybridized carbons (Fsp3) is 0.565. The van der Waals surface area contributed by atoms with Crippen molar-refractivity contribution in [3.63, 3.8) is 0 Å². The number of benzene rings is 1. The molecule has 1 aliphatic rings. The van der Waals surface area contributed by atoms with Crippen molar-refractivity contribution in [1.29, 1.82) is 0 Å². The van der Waals surface area contributed by atoms with E-state index in [-0.39, 0.29) is 0 Å². The van der Waals surface area contributed by atoms with Gasteiger partial charge in [-0.15, -0.1) is 0 Å². The van der Waals surface area contributed by atoms with Crippen molar-refractivity contribution in [2.45, 2.75) is 25.0 Å². The summed E-state index contributed by atoms with van der Waals surface area (Å²) in [5.41, 5.74) is 0.259. The first-order valence-electron chi connectivity index (χ1n) is 11.0. The highest BCUT2D eigenvalue weighted by Gasteiger charge is 2.33. The number of rotatable bonds is 11. The van der Waals surface area contributed by atoms with E-state index in [1.165, 1.54) is 0 Å². The Balaban J connectivity index is 1.54. The lowest BCUT2D eigenvalue weighted by Crippen LogP contribution is -2.53. The Kier molecular flexibility index (Phi) is 8.49. The van der Waals surface area contributed by atoms with E-state index in [2.05, 4.69) is 30.4 Å². The molecule has 2 aromatic rings. The summed E-state index contributed by atoms with van der Waals surface area (Å²) in [4.78, 5) is 12.7. The van der Waals surface area contributed by atoms with Gasteiger partial charge in [-0.25, -0.2) is 9.97 Å². The zero-order chi connectivity index (χ0) is 23.0. The number of aromatic nitrogens is 2. The second-order valence-electron chi connectivity index (χ2n) is 8.50. The molecule has 1 aliphatic heterocycles. The second kappa shape index (κ2) is 11.3. The summed E-state index contributed by atoms with van der Waals surface area (Å²) in [5.74, 6) is 3.06. The molecule has 0 spiro atoms. The minimum Gasteiger partial charge on any atom is -0.493 e. The summed E-state index contributed by atoms with van der Waals surface area (Å²) in [6, 6.07) is 7.86. The van der Waals surface area contributed by atoms with Crippen molar-refractivity contribution in [3.05, 3.63) is 36.2 Å². The van der Waals surface area contributed by atoms with Crippen molar-refractivity contribution < 1.29 is 14.6 Å². The SMILES string of the molecule is CNc1cc(N2CCCC(O)(CNCc3ccc(OCCN(C)C)c(OC)c3)C2)ncn1. The molecule has 0 bridgehead atoms. The highest BCUT2D eigenvalue weighted by Crippen LogP contribution is 2.29. The fourth-order valence-electron chi connectivity index (χ4n) is 3.83. The molecule has 2 heterocycles. The number of piperidine rings is 1. The molecule has 1 aromatic carbocycles. The molecular formula is C23H36N6O3. The van der Waals surface area contributed by atoms with Gasteiger partial charge in [-0.3, -0.25) is 0 Å². The van der Waals surface area contributed by atoms with Crippen LogP contribution in [-0.2, 0) is 6.54 Å². The van der Waals surface area contributed by atoms with Gasteiger partial charge in [0, 0.05) is 45.8 Å². The Hall–Kier alpha value is -2.62. The predicted octanol–water partition coefficient (Wildman–Crippen LogP) is 1.59. The van der Waals surface area contributed by atoms with Gasteiger partial charge in [0.2, 0.25) is 0 Å². The third-order valence-electron chi connectivity index (χ3n) is 5.60. The van der Waals surface area contributed by atoms with E-state index >= 15 is 0 Å². The number of β-amino-alcohol motifs (C(OH)–C–C–N with tert-alkyl or cyclic N) is 1. The molecule has 0 radical (unpaired) electrons. The normalized spacial score (nSPS) is 18.6. The van der Waals surface area contributed by atoms with E-state index in [0.29, 0.717) is 26.2 Å². The number of nitrogens with zero attached hydrogens (tertiary/aromatic N) is 4. The maximum atomic E-state index is 11.2. The van der Waals surface area contributed by atoms with Gasteiger partial charge in [-0.1, -0.05) is 6.07 Å². The Morgan fingerprint density at radius 2 is 2.06 bits per heavy atom. The topological polar surface area (TPSA) is 95.0 Å². The standard InChI is InChI=1S/C23H36N6O3/c1-24-21-13-22(27-17-26-21)29-9-5-8-23(30,16-29)15-25-14-18-6-7-19(20(12-18)31-4)32-11-10-28(2)3/h6-7,12-13,17,25,30H,5,8-11,14-16H2,1-4H3,(H,24,26,27). The van der Waals surface area contributed by atoms with Crippen LogP contribution in [0, 0.1) is 0 Å². The summed E-state index contributed by atoms with van der Waals surface area (Å²) < 4.78 is 11.3. The van der Waals surface area contributed by atoms with Crippen LogP contribution in [0.15, 0.2) is 30.6 Å². The van der Waals surface area contributed by atoms with E-state index < -0.39 is 5.60 Å². The molecule has 1 fully saturated rings. The number of aliphatic hydroxyl groups is 1. The molecule has 9 nitrogen and oxygen atoms in total. The van der Waals surface area contributed by atoms with E-state index in [4.69, 9.17) is 9.47 Å². The van der Waals surface area contributed by atoms with Crippen LogP contribution in [0.5, 0.6) is 11.5 Å². The number of ether oxygens (including phenoxy) is 2. The maximum absolute atomic E-state index is 11.2. The summed E-state index contributed by atoms with van der Waals surface area (Å²) in [6.45, 7) is 3.97. The third-order valence-corrected chi connectivity index (χ3v) is 5.60. The molecule has 3 N–H and O–H groups in total. The predicted molar refractivity (Wildman–Crippen MR) is 127 cm³/mol. The Morgan fingerprint density at radius 3 is 2.81 bits per heavy atom. The van der Waals surface area contributed by atoms with Crippen molar-refractivity contribution in [2.75, 3.05) is 71.3 Å². The number of hydrogen-bond acceptors (Lipinski definition) is 9. The van der Waals surface area contributed by atoms with Crippen LogP contribution in [0.2, 0.25) is 0 Å². The Labute approximate surface area is 190 Å². The molecule has 1 saturated heterocycles. The number of likely N-dealkylation sites (N-methyl/N-ethyl adjacent to an activating group) is 1. The lowest BCUT2D eigenvalue weighted by atomic mass is 9.92. The molecule has 1 atom stereocenters. The molecule has 176 valence electrons. The first-order valence-corrected chi connectivity index (χ1v) is 11.0. The van der Waals surface area contributed by atoms with E-state index in [1.54, 1.807) is 13.4 Å². The Morgan fingerprint density at radius 1 is 1.22 bits per heavy atom. The zero-order valence-electron chi connectivity index (χ0n) is 19.6. The highest BCUT2D eigenvalue weighted by molar-refractivity contribution is 5.48. The zero-order valence-corrected chi connectivity index (χ0v) is 19.6. The molecule has 1 unspecified atom stereocenters. The molecule has 0 amide bonds. The number of nitrogens with one attached hydrogen (secondary N) is 2. The van der Waals surface area contributed by atoms with E-state index in [1.807, 2.05) is 45.4 Å². The van der Waals surface area contributed by atoms with E-state index in [9.17, 15) is 5.11 Å². The van der Waals surface area contributed by atoms with Crippen LogP contribution in [0.4, 0.5) is 11.6 Å². The molecule has 0 saturated carbocycles. The minimum atomic E-state index is -0.817. The average Bonchev–Trinajstić information content (AvgIpc) is 2.79. The number of hydrogen-bond donors (Lipinski definition) is 3. The molecule has 9 heteroatoms. The van der Waals surface area contributed by atoms with Gasteiger partial charge in [0.1, 0.15) is 24.6 Å². The van der Waals surface area contributed by atoms with E-state index in [0.717, 1.165) is 54.6 Å². The van der Waals surface area contributed by atoms with Crippen LogP contribution in [0.1, 0.15) is 18.4 Å². The third kappa shape index (κ3) is 6.69. The summed E-state index contributed by atoms with van der Waals surface area (Å²) in [7, 11) is 7.52. The van der Waals surface area contributed by atoms with Crippen molar-refractivity contribution in [1.82, 2.24) is 20.2 Å². The summed E-state index contributed by atoms with van der Waals surface area (Å²) in [5, 5.41) is 17.6. The molecule has 1 aromatic heterocycles. The van der Waals surface area contributed by atoms with Crippen molar-refractivity contribution >= 4 is 11.6 Å². The van der Waals surface area contributed by atoms with Crippen LogP contribution in [0.25, 0.3) is 0 Å². The fourth-order valence-corrected chi connectivity index (χ4v) is 3.83. The smallest absolute Gasteiger partial charge is 0.161 e. The molecule has 32 heavy (non-hydrogen) atoms. The minimum absolute atomic E-state index is 0.497. The largest absolute Gasteiger partial charge is 0.493 e. The van der Waals surface area contributed by atoms with Crippen LogP contribution < -0.4 is 25.0 Å². The van der Waals surface area contributed by atoms with Gasteiger partial charge >= 0.3 is 0 Å². The second-order valence-corrected chi connectivity index (χ2v) is 8.50. The van der Waals surface area contributed by atoms with Gasteiger partial charge in [-0.05, 0) is 44.6 Å². The average molecular weight is 445 g/mol. The van der Waals surface area contributed by atoms with Gasteiger partial charge < -0.3 is 35.0 Å².